The van der Waals surface area contributed by atoms with Gasteiger partial charge in [-0.05, 0) is 36.2 Å². The highest BCUT2D eigenvalue weighted by Crippen LogP contribution is 2.19. The standard InChI is InChI=1S/C20H22BrN3O/c1-2-5-20(25)22-13-12-19-23-17-6-3-4-7-18(17)24(19)14-15-8-10-16(21)11-9-15/h3-4,6-11H,2,5,12-14H2,1H3,(H,22,25). The lowest BCUT2D eigenvalue weighted by molar-refractivity contribution is -0.121. The van der Waals surface area contributed by atoms with Crippen LogP contribution in [0.4, 0.5) is 0 Å². The summed E-state index contributed by atoms with van der Waals surface area (Å²) in [6, 6.07) is 16.5. The maximum Gasteiger partial charge on any atom is 0.219 e. The number of para-hydroxylation sites is 2. The number of halogens is 1. The number of imidazole rings is 1. The molecule has 25 heavy (non-hydrogen) atoms. The van der Waals surface area contributed by atoms with Crippen LogP contribution in [0.3, 0.4) is 0 Å². The van der Waals surface area contributed by atoms with Gasteiger partial charge >= 0.3 is 0 Å². The van der Waals surface area contributed by atoms with Crippen LogP contribution < -0.4 is 5.32 Å². The molecule has 1 heterocycles. The Morgan fingerprint density at radius 3 is 2.68 bits per heavy atom. The molecule has 0 spiro atoms. The van der Waals surface area contributed by atoms with Gasteiger partial charge in [-0.25, -0.2) is 4.98 Å². The Morgan fingerprint density at radius 1 is 1.16 bits per heavy atom. The summed E-state index contributed by atoms with van der Waals surface area (Å²) in [7, 11) is 0. The fourth-order valence-electron chi connectivity index (χ4n) is 2.89. The quantitative estimate of drug-likeness (QED) is 0.643. The SMILES string of the molecule is CCCC(=O)NCCc1nc2ccccc2n1Cc1ccc(Br)cc1. The zero-order chi connectivity index (χ0) is 17.6. The molecule has 1 amide bonds. The van der Waals surface area contributed by atoms with Crippen molar-refractivity contribution in [2.24, 2.45) is 0 Å². The van der Waals surface area contributed by atoms with E-state index in [1.54, 1.807) is 0 Å². The summed E-state index contributed by atoms with van der Waals surface area (Å²) in [6.45, 7) is 3.39. The molecule has 0 unspecified atom stereocenters. The molecule has 3 rings (SSSR count). The van der Waals surface area contributed by atoms with E-state index in [0.717, 1.165) is 40.7 Å². The second-order valence-electron chi connectivity index (χ2n) is 6.08. The molecule has 4 nitrogen and oxygen atoms in total. The summed E-state index contributed by atoms with van der Waals surface area (Å²) in [4.78, 5) is 16.4. The largest absolute Gasteiger partial charge is 0.356 e. The molecule has 130 valence electrons. The fraction of sp³-hybridized carbons (Fsp3) is 0.300. The van der Waals surface area contributed by atoms with E-state index in [1.807, 2.05) is 25.1 Å². The first-order valence-corrected chi connectivity index (χ1v) is 9.42. The number of carbonyl (C=O) groups is 1. The average molecular weight is 400 g/mol. The maximum absolute atomic E-state index is 11.7. The number of nitrogens with zero attached hydrogens (tertiary/aromatic N) is 2. The van der Waals surface area contributed by atoms with Crippen molar-refractivity contribution in [2.75, 3.05) is 6.54 Å². The molecule has 0 saturated carbocycles. The van der Waals surface area contributed by atoms with Crippen LogP contribution in [0.2, 0.25) is 0 Å². The molecular formula is C20H22BrN3O. The number of nitrogens with one attached hydrogen (secondary N) is 1. The summed E-state index contributed by atoms with van der Waals surface area (Å²) in [5.41, 5.74) is 3.34. The van der Waals surface area contributed by atoms with E-state index < -0.39 is 0 Å². The molecule has 0 saturated heterocycles. The number of amides is 1. The van der Waals surface area contributed by atoms with Gasteiger partial charge in [-0.2, -0.15) is 0 Å². The number of carbonyl (C=O) groups excluding carboxylic acids is 1. The molecule has 3 aromatic rings. The van der Waals surface area contributed by atoms with Crippen molar-refractivity contribution in [3.05, 3.63) is 64.4 Å². The van der Waals surface area contributed by atoms with E-state index in [1.165, 1.54) is 5.56 Å². The summed E-state index contributed by atoms with van der Waals surface area (Å²) in [6.07, 6.45) is 2.17. The summed E-state index contributed by atoms with van der Waals surface area (Å²) in [5, 5.41) is 2.98. The topological polar surface area (TPSA) is 46.9 Å². The highest BCUT2D eigenvalue weighted by Gasteiger charge is 2.11. The van der Waals surface area contributed by atoms with Crippen molar-refractivity contribution in [3.63, 3.8) is 0 Å². The van der Waals surface area contributed by atoms with Gasteiger partial charge in [0, 0.05) is 30.4 Å². The lowest BCUT2D eigenvalue weighted by Crippen LogP contribution is -2.26. The Labute approximate surface area is 156 Å². The smallest absolute Gasteiger partial charge is 0.219 e. The highest BCUT2D eigenvalue weighted by atomic mass is 79.9. The molecule has 1 aromatic heterocycles. The minimum atomic E-state index is 0.109. The Morgan fingerprint density at radius 2 is 1.92 bits per heavy atom. The van der Waals surface area contributed by atoms with Crippen LogP contribution in [0, 0.1) is 0 Å². The van der Waals surface area contributed by atoms with Crippen LogP contribution in [-0.4, -0.2) is 22.0 Å². The molecule has 1 N–H and O–H groups in total. The molecule has 2 aromatic carbocycles. The van der Waals surface area contributed by atoms with Crippen molar-refractivity contribution in [2.45, 2.75) is 32.7 Å². The van der Waals surface area contributed by atoms with Gasteiger partial charge in [0.25, 0.3) is 0 Å². The third kappa shape index (κ3) is 4.48. The average Bonchev–Trinajstić information content (AvgIpc) is 2.95. The van der Waals surface area contributed by atoms with Crippen molar-refractivity contribution in [1.82, 2.24) is 14.9 Å². The number of hydrogen-bond acceptors (Lipinski definition) is 2. The second kappa shape index (κ2) is 8.30. The summed E-state index contributed by atoms with van der Waals surface area (Å²) < 4.78 is 3.32. The van der Waals surface area contributed by atoms with Crippen molar-refractivity contribution in [1.29, 1.82) is 0 Å². The molecule has 0 aliphatic carbocycles. The molecule has 0 fully saturated rings. The lowest BCUT2D eigenvalue weighted by Gasteiger charge is -2.10. The number of hydrogen-bond donors (Lipinski definition) is 1. The van der Waals surface area contributed by atoms with E-state index in [0.29, 0.717) is 13.0 Å². The monoisotopic (exact) mass is 399 g/mol. The van der Waals surface area contributed by atoms with Crippen molar-refractivity contribution < 1.29 is 4.79 Å². The Balaban J connectivity index is 1.81. The molecule has 0 aliphatic heterocycles. The fourth-order valence-corrected chi connectivity index (χ4v) is 3.16. The molecule has 0 atom stereocenters. The molecular weight excluding hydrogens is 378 g/mol. The Bertz CT molecular complexity index is 855. The number of fused-ring (bicyclic) bond motifs is 1. The molecule has 5 heteroatoms. The van der Waals surface area contributed by atoms with Gasteiger partial charge in [-0.15, -0.1) is 0 Å². The Kier molecular flexibility index (Phi) is 5.87. The van der Waals surface area contributed by atoms with Gasteiger partial charge in [-0.1, -0.05) is 47.1 Å². The number of aromatic nitrogens is 2. The third-order valence-electron chi connectivity index (χ3n) is 4.14. The lowest BCUT2D eigenvalue weighted by atomic mass is 10.2. The molecule has 0 bridgehead atoms. The van der Waals surface area contributed by atoms with Gasteiger partial charge in [0.15, 0.2) is 0 Å². The first-order chi connectivity index (χ1) is 12.2. The number of rotatable bonds is 7. The van der Waals surface area contributed by atoms with Crippen LogP contribution in [0.5, 0.6) is 0 Å². The predicted octanol–water partition coefficient (Wildman–Crippen LogP) is 4.31. The zero-order valence-corrected chi connectivity index (χ0v) is 15.9. The van der Waals surface area contributed by atoms with Crippen LogP contribution in [0.25, 0.3) is 11.0 Å². The minimum Gasteiger partial charge on any atom is -0.356 e. The Hall–Kier alpha value is -2.14. The summed E-state index contributed by atoms with van der Waals surface area (Å²) >= 11 is 3.48. The van der Waals surface area contributed by atoms with Gasteiger partial charge in [-0.3, -0.25) is 4.79 Å². The van der Waals surface area contributed by atoms with Gasteiger partial charge in [0.2, 0.25) is 5.91 Å². The van der Waals surface area contributed by atoms with E-state index in [4.69, 9.17) is 4.98 Å². The number of benzene rings is 2. The van der Waals surface area contributed by atoms with E-state index in [-0.39, 0.29) is 5.91 Å². The zero-order valence-electron chi connectivity index (χ0n) is 14.3. The molecule has 0 radical (unpaired) electrons. The first-order valence-electron chi connectivity index (χ1n) is 8.62. The van der Waals surface area contributed by atoms with Crippen molar-refractivity contribution >= 4 is 32.9 Å². The van der Waals surface area contributed by atoms with Crippen LogP contribution >= 0.6 is 15.9 Å². The predicted molar refractivity (Wildman–Crippen MR) is 105 cm³/mol. The second-order valence-corrected chi connectivity index (χ2v) is 6.99. The maximum atomic E-state index is 11.7. The van der Waals surface area contributed by atoms with Gasteiger partial charge in [0.1, 0.15) is 5.82 Å². The van der Waals surface area contributed by atoms with Crippen LogP contribution in [-0.2, 0) is 17.8 Å². The van der Waals surface area contributed by atoms with Gasteiger partial charge in [0.05, 0.1) is 11.0 Å². The highest BCUT2D eigenvalue weighted by molar-refractivity contribution is 9.10. The van der Waals surface area contributed by atoms with E-state index in [2.05, 4.69) is 56.1 Å². The van der Waals surface area contributed by atoms with Crippen molar-refractivity contribution in [3.8, 4) is 0 Å². The normalized spacial score (nSPS) is 11.0. The molecule has 0 aliphatic rings. The third-order valence-corrected chi connectivity index (χ3v) is 4.66. The summed E-state index contributed by atoms with van der Waals surface area (Å²) in [5.74, 6) is 1.11. The van der Waals surface area contributed by atoms with Crippen LogP contribution in [0.15, 0.2) is 53.0 Å². The minimum absolute atomic E-state index is 0.109. The van der Waals surface area contributed by atoms with E-state index >= 15 is 0 Å². The van der Waals surface area contributed by atoms with Crippen LogP contribution in [0.1, 0.15) is 31.2 Å². The van der Waals surface area contributed by atoms with Gasteiger partial charge < -0.3 is 9.88 Å². The van der Waals surface area contributed by atoms with E-state index in [9.17, 15) is 4.79 Å². The first kappa shape index (κ1) is 17.7.